The highest BCUT2D eigenvalue weighted by Crippen LogP contribution is 2.51. The molecule has 2 unspecified atom stereocenters. The fourth-order valence-corrected chi connectivity index (χ4v) is 2.76. The molecular weight excluding hydrogens is 393 g/mol. The lowest BCUT2D eigenvalue weighted by Crippen LogP contribution is -2.69. The van der Waals surface area contributed by atoms with Crippen molar-refractivity contribution >= 4 is 29.9 Å². The number of guanidine groups is 1. The van der Waals surface area contributed by atoms with Crippen molar-refractivity contribution in [3.63, 3.8) is 0 Å². The van der Waals surface area contributed by atoms with Gasteiger partial charge in [-0.2, -0.15) is 0 Å². The highest BCUT2D eigenvalue weighted by Gasteiger charge is 2.57. The Bertz CT molecular complexity index is 350. The third-order valence-electron chi connectivity index (χ3n) is 5.02. The molecule has 1 rings (SSSR count). The van der Waals surface area contributed by atoms with Crippen LogP contribution < -0.4 is 10.6 Å². The molecule has 2 atom stereocenters. The van der Waals surface area contributed by atoms with Crippen LogP contribution in [-0.4, -0.2) is 51.5 Å². The predicted molar refractivity (Wildman–Crippen MR) is 103 cm³/mol. The van der Waals surface area contributed by atoms with Gasteiger partial charge in [-0.25, -0.2) is 0 Å². The van der Waals surface area contributed by atoms with E-state index >= 15 is 0 Å². The van der Waals surface area contributed by atoms with Crippen LogP contribution in [0.25, 0.3) is 0 Å². The second-order valence-corrected chi connectivity index (χ2v) is 6.46. The van der Waals surface area contributed by atoms with Gasteiger partial charge in [-0.15, -0.1) is 24.0 Å². The summed E-state index contributed by atoms with van der Waals surface area (Å²) in [5, 5.41) is 6.88. The molecule has 1 fully saturated rings. The van der Waals surface area contributed by atoms with Crippen LogP contribution in [0.15, 0.2) is 4.99 Å². The summed E-state index contributed by atoms with van der Waals surface area (Å²) in [5.41, 5.74) is 0.0370. The molecule has 0 saturated heterocycles. The van der Waals surface area contributed by atoms with Gasteiger partial charge in [-0.1, -0.05) is 13.8 Å². The van der Waals surface area contributed by atoms with Crippen LogP contribution in [-0.2, 0) is 9.47 Å². The third kappa shape index (κ3) is 5.23. The fraction of sp³-hybridized carbons (Fsp3) is 0.938. The Balaban J connectivity index is 0.00000441. The first-order valence-corrected chi connectivity index (χ1v) is 8.01. The minimum absolute atomic E-state index is 0. The summed E-state index contributed by atoms with van der Waals surface area (Å²) in [4.78, 5) is 4.31. The van der Waals surface area contributed by atoms with Gasteiger partial charge in [0.1, 0.15) is 0 Å². The van der Waals surface area contributed by atoms with Crippen molar-refractivity contribution in [2.24, 2.45) is 10.4 Å². The zero-order valence-electron chi connectivity index (χ0n) is 15.0. The minimum atomic E-state index is -0.0546. The lowest BCUT2D eigenvalue weighted by Gasteiger charge is -2.59. The lowest BCUT2D eigenvalue weighted by molar-refractivity contribution is -0.176. The van der Waals surface area contributed by atoms with E-state index in [1.807, 2.05) is 14.0 Å². The second-order valence-electron chi connectivity index (χ2n) is 6.46. The van der Waals surface area contributed by atoms with E-state index in [2.05, 4.69) is 36.4 Å². The molecule has 132 valence electrons. The number of aliphatic imine (C=N–C) groups is 1. The van der Waals surface area contributed by atoms with E-state index in [0.29, 0.717) is 6.04 Å². The number of hydrogen-bond acceptors (Lipinski definition) is 3. The minimum Gasteiger partial charge on any atom is -0.382 e. The Kier molecular flexibility index (Phi) is 9.89. The average Bonchev–Trinajstić information content (AvgIpc) is 2.48. The Labute approximate surface area is 153 Å². The molecule has 2 N–H and O–H groups in total. The van der Waals surface area contributed by atoms with Crippen molar-refractivity contribution in [3.05, 3.63) is 0 Å². The standard InChI is InChI=1S/C16H33N3O2.HI/c1-7-21-11-9-8-10-18-14(17-5)19-13-12-16(4,20-6)15(13,2)3;/h13H,7-12H2,1-6H3,(H2,17,18,19);1H. The van der Waals surface area contributed by atoms with Crippen LogP contribution in [0.4, 0.5) is 0 Å². The highest BCUT2D eigenvalue weighted by atomic mass is 127. The Morgan fingerprint density at radius 3 is 2.45 bits per heavy atom. The molecular formula is C16H34IN3O2. The second kappa shape index (κ2) is 9.93. The van der Waals surface area contributed by atoms with Crippen LogP contribution in [0.3, 0.4) is 0 Å². The molecule has 1 saturated carbocycles. The van der Waals surface area contributed by atoms with Gasteiger partial charge < -0.3 is 20.1 Å². The predicted octanol–water partition coefficient (Wildman–Crippen LogP) is 2.79. The first-order chi connectivity index (χ1) is 9.91. The fourth-order valence-electron chi connectivity index (χ4n) is 2.76. The third-order valence-corrected chi connectivity index (χ3v) is 5.02. The number of hydrogen-bond donors (Lipinski definition) is 2. The molecule has 22 heavy (non-hydrogen) atoms. The number of rotatable bonds is 8. The molecule has 0 aliphatic heterocycles. The molecule has 0 bridgehead atoms. The maximum absolute atomic E-state index is 5.66. The molecule has 1 aliphatic carbocycles. The van der Waals surface area contributed by atoms with Gasteiger partial charge >= 0.3 is 0 Å². The highest BCUT2D eigenvalue weighted by molar-refractivity contribution is 14.0. The molecule has 0 heterocycles. The zero-order chi connectivity index (χ0) is 15.9. The Hall–Kier alpha value is -0.0800. The van der Waals surface area contributed by atoms with Crippen molar-refractivity contribution in [2.45, 2.75) is 58.6 Å². The molecule has 0 aromatic carbocycles. The molecule has 0 spiro atoms. The summed E-state index contributed by atoms with van der Waals surface area (Å²) in [5.74, 6) is 0.877. The monoisotopic (exact) mass is 427 g/mol. The Morgan fingerprint density at radius 2 is 1.95 bits per heavy atom. The van der Waals surface area contributed by atoms with Crippen LogP contribution in [0.1, 0.15) is 47.0 Å². The van der Waals surface area contributed by atoms with Gasteiger partial charge in [0.15, 0.2) is 5.96 Å². The van der Waals surface area contributed by atoms with Crippen LogP contribution in [0, 0.1) is 5.41 Å². The van der Waals surface area contributed by atoms with Gasteiger partial charge in [0.25, 0.3) is 0 Å². The molecule has 6 heteroatoms. The van der Waals surface area contributed by atoms with E-state index < -0.39 is 0 Å². The summed E-state index contributed by atoms with van der Waals surface area (Å²) in [6.45, 7) is 11.2. The van der Waals surface area contributed by atoms with Crippen LogP contribution in [0.5, 0.6) is 0 Å². The SMILES string of the molecule is CCOCCCCNC(=NC)NC1CC(C)(OC)C1(C)C.I. The number of nitrogens with one attached hydrogen (secondary N) is 2. The van der Waals surface area contributed by atoms with Crippen LogP contribution in [0.2, 0.25) is 0 Å². The van der Waals surface area contributed by atoms with E-state index in [9.17, 15) is 0 Å². The van der Waals surface area contributed by atoms with Gasteiger partial charge in [-0.3, -0.25) is 4.99 Å². The van der Waals surface area contributed by atoms with Gasteiger partial charge in [-0.05, 0) is 33.1 Å². The van der Waals surface area contributed by atoms with Gasteiger partial charge in [0, 0.05) is 45.4 Å². The van der Waals surface area contributed by atoms with Crippen LogP contribution >= 0.6 is 24.0 Å². The number of methoxy groups -OCH3 is 1. The quantitative estimate of drug-likeness (QED) is 0.271. The average molecular weight is 427 g/mol. The first-order valence-electron chi connectivity index (χ1n) is 8.01. The van der Waals surface area contributed by atoms with E-state index in [1.165, 1.54) is 0 Å². The molecule has 0 aromatic rings. The number of ether oxygens (including phenoxy) is 2. The summed E-state index contributed by atoms with van der Waals surface area (Å²) >= 11 is 0. The van der Waals surface area contributed by atoms with E-state index in [4.69, 9.17) is 9.47 Å². The van der Waals surface area contributed by atoms with E-state index in [-0.39, 0.29) is 35.0 Å². The number of unbranched alkanes of at least 4 members (excludes halogenated alkanes) is 1. The molecule has 1 aliphatic rings. The summed E-state index contributed by atoms with van der Waals surface area (Å²) in [7, 11) is 3.61. The molecule has 0 amide bonds. The maximum atomic E-state index is 5.66. The lowest BCUT2D eigenvalue weighted by atomic mass is 9.56. The van der Waals surface area contributed by atoms with Gasteiger partial charge in [0.2, 0.25) is 0 Å². The number of halogens is 1. The van der Waals surface area contributed by atoms with Crippen molar-refractivity contribution in [2.75, 3.05) is 33.9 Å². The smallest absolute Gasteiger partial charge is 0.191 e. The zero-order valence-corrected chi connectivity index (χ0v) is 17.3. The van der Waals surface area contributed by atoms with Gasteiger partial charge in [0.05, 0.1) is 5.60 Å². The summed E-state index contributed by atoms with van der Waals surface area (Å²) < 4.78 is 11.0. The van der Waals surface area contributed by atoms with Crippen molar-refractivity contribution in [1.29, 1.82) is 0 Å². The largest absolute Gasteiger partial charge is 0.382 e. The van der Waals surface area contributed by atoms with Crippen molar-refractivity contribution < 1.29 is 9.47 Å². The number of nitrogens with zero attached hydrogens (tertiary/aromatic N) is 1. The van der Waals surface area contributed by atoms with E-state index in [0.717, 1.165) is 45.0 Å². The van der Waals surface area contributed by atoms with E-state index in [1.54, 1.807) is 7.11 Å². The first kappa shape index (κ1) is 21.9. The van der Waals surface area contributed by atoms with Crippen molar-refractivity contribution in [3.8, 4) is 0 Å². The maximum Gasteiger partial charge on any atom is 0.191 e. The molecule has 0 aromatic heterocycles. The normalized spacial score (nSPS) is 26.8. The topological polar surface area (TPSA) is 54.9 Å². The molecule has 0 radical (unpaired) electrons. The van der Waals surface area contributed by atoms with Crippen molar-refractivity contribution in [1.82, 2.24) is 10.6 Å². The summed E-state index contributed by atoms with van der Waals surface area (Å²) in [6, 6.07) is 0.386. The molecule has 5 nitrogen and oxygen atoms in total. The summed E-state index contributed by atoms with van der Waals surface area (Å²) in [6.07, 6.45) is 3.17. The Morgan fingerprint density at radius 1 is 1.27 bits per heavy atom.